The van der Waals surface area contributed by atoms with Crippen molar-refractivity contribution in [2.75, 3.05) is 7.05 Å². The van der Waals surface area contributed by atoms with Gasteiger partial charge < -0.3 is 4.74 Å². The second-order valence-electron chi connectivity index (χ2n) is 4.61. The Bertz CT molecular complexity index is 819. The minimum atomic E-state index is -0.633. The maximum atomic E-state index is 12.2. The fourth-order valence-corrected chi connectivity index (χ4v) is 2.43. The largest absolute Gasteiger partial charge is 0.420 e. The number of esters is 1. The molecule has 0 N–H and O–H groups in total. The predicted molar refractivity (Wildman–Crippen MR) is 79.8 cm³/mol. The van der Waals surface area contributed by atoms with Crippen molar-refractivity contribution in [3.63, 3.8) is 0 Å². The van der Waals surface area contributed by atoms with Gasteiger partial charge in [0.25, 0.3) is 11.8 Å². The average Bonchev–Trinajstić information content (AvgIpc) is 2.74. The van der Waals surface area contributed by atoms with E-state index in [-0.39, 0.29) is 28.3 Å². The first-order chi connectivity index (χ1) is 10.5. The molecule has 22 heavy (non-hydrogen) atoms. The lowest BCUT2D eigenvalue weighted by Gasteiger charge is -2.06. The summed E-state index contributed by atoms with van der Waals surface area (Å²) in [6.07, 6.45) is 1.55. The van der Waals surface area contributed by atoms with Crippen LogP contribution in [0.3, 0.4) is 0 Å². The molecule has 6 nitrogen and oxygen atoms in total. The zero-order chi connectivity index (χ0) is 15.9. The van der Waals surface area contributed by atoms with Gasteiger partial charge in [-0.15, -0.1) is 0 Å². The molecule has 0 radical (unpaired) electrons. The van der Waals surface area contributed by atoms with E-state index in [4.69, 9.17) is 4.74 Å². The number of benzene rings is 1. The van der Waals surface area contributed by atoms with Crippen molar-refractivity contribution in [3.05, 3.63) is 57.8 Å². The molecule has 0 saturated carbocycles. The monoisotopic (exact) mass is 360 g/mol. The number of nitrogens with zero attached hydrogens (tertiary/aromatic N) is 2. The van der Waals surface area contributed by atoms with Gasteiger partial charge in [-0.2, -0.15) is 0 Å². The first kappa shape index (κ1) is 14.4. The van der Waals surface area contributed by atoms with Gasteiger partial charge in [0, 0.05) is 13.2 Å². The molecule has 110 valence electrons. The van der Waals surface area contributed by atoms with Crippen molar-refractivity contribution in [1.29, 1.82) is 0 Å². The van der Waals surface area contributed by atoms with Crippen LogP contribution >= 0.6 is 15.9 Å². The third-order valence-corrected chi connectivity index (χ3v) is 3.85. The normalized spacial score (nSPS) is 13.3. The van der Waals surface area contributed by atoms with Gasteiger partial charge in [0.1, 0.15) is 4.60 Å². The molecule has 1 aromatic heterocycles. The lowest BCUT2D eigenvalue weighted by atomic mass is 10.1. The molecule has 0 aliphatic carbocycles. The van der Waals surface area contributed by atoms with Crippen LogP contribution in [0.2, 0.25) is 0 Å². The van der Waals surface area contributed by atoms with Gasteiger partial charge in [-0.05, 0) is 46.3 Å². The molecule has 0 atom stereocenters. The molecule has 3 rings (SSSR count). The quantitative estimate of drug-likeness (QED) is 0.466. The highest BCUT2D eigenvalue weighted by Gasteiger charge is 2.33. The molecule has 2 aromatic rings. The maximum absolute atomic E-state index is 12.2. The zero-order valence-corrected chi connectivity index (χ0v) is 13.0. The highest BCUT2D eigenvalue weighted by molar-refractivity contribution is 9.10. The number of carbonyl (C=O) groups is 3. The Hall–Kier alpha value is -2.54. The summed E-state index contributed by atoms with van der Waals surface area (Å²) in [6, 6.07) is 7.49. The number of amides is 2. The molecule has 1 aliphatic heterocycles. The zero-order valence-electron chi connectivity index (χ0n) is 11.4. The number of imide groups is 1. The standard InChI is InChI=1S/C15H9BrN2O4/c1-18-13(19)9-5-4-8(7-10(9)14(18)20)15(21)22-11-3-2-6-17-12(11)16/h2-7H,1H3. The van der Waals surface area contributed by atoms with E-state index in [1.54, 1.807) is 18.3 Å². The SMILES string of the molecule is CN1C(=O)c2ccc(C(=O)Oc3cccnc3Br)cc2C1=O. The summed E-state index contributed by atoms with van der Waals surface area (Å²) in [5.41, 5.74) is 0.671. The summed E-state index contributed by atoms with van der Waals surface area (Å²) in [6.45, 7) is 0. The molecule has 2 heterocycles. The minimum Gasteiger partial charge on any atom is -0.420 e. The van der Waals surface area contributed by atoms with Crippen LogP contribution in [-0.2, 0) is 0 Å². The Morgan fingerprint density at radius 3 is 2.64 bits per heavy atom. The van der Waals surface area contributed by atoms with E-state index in [1.165, 1.54) is 25.2 Å². The van der Waals surface area contributed by atoms with E-state index in [0.29, 0.717) is 4.60 Å². The Balaban J connectivity index is 1.91. The molecule has 0 spiro atoms. The van der Waals surface area contributed by atoms with Crippen molar-refractivity contribution in [2.24, 2.45) is 0 Å². The Morgan fingerprint density at radius 2 is 1.91 bits per heavy atom. The van der Waals surface area contributed by atoms with Crippen molar-refractivity contribution < 1.29 is 19.1 Å². The minimum absolute atomic E-state index is 0.186. The third-order valence-electron chi connectivity index (χ3n) is 3.25. The van der Waals surface area contributed by atoms with Crippen molar-refractivity contribution >= 4 is 33.7 Å². The topological polar surface area (TPSA) is 76.6 Å². The summed E-state index contributed by atoms with van der Waals surface area (Å²) in [5.74, 6) is -1.18. The molecule has 0 bridgehead atoms. The van der Waals surface area contributed by atoms with Crippen molar-refractivity contribution in [1.82, 2.24) is 9.88 Å². The number of carbonyl (C=O) groups excluding carboxylic acids is 3. The summed E-state index contributed by atoms with van der Waals surface area (Å²) >= 11 is 3.18. The lowest BCUT2D eigenvalue weighted by Crippen LogP contribution is -2.24. The summed E-state index contributed by atoms with van der Waals surface area (Å²) in [5, 5.41) is 0. The van der Waals surface area contributed by atoms with E-state index in [0.717, 1.165) is 4.90 Å². The van der Waals surface area contributed by atoms with E-state index >= 15 is 0 Å². The number of hydrogen-bond acceptors (Lipinski definition) is 5. The maximum Gasteiger partial charge on any atom is 0.343 e. The second kappa shape index (κ2) is 5.34. The molecule has 1 aromatic carbocycles. The highest BCUT2D eigenvalue weighted by atomic mass is 79.9. The smallest absolute Gasteiger partial charge is 0.343 e. The van der Waals surface area contributed by atoms with Crippen LogP contribution in [0.25, 0.3) is 0 Å². The highest BCUT2D eigenvalue weighted by Crippen LogP contribution is 2.25. The summed E-state index contributed by atoms with van der Waals surface area (Å²) in [4.78, 5) is 40.8. The van der Waals surface area contributed by atoms with Gasteiger partial charge >= 0.3 is 5.97 Å². The average molecular weight is 361 g/mol. The van der Waals surface area contributed by atoms with E-state index < -0.39 is 11.9 Å². The van der Waals surface area contributed by atoms with Gasteiger partial charge in [0.2, 0.25) is 0 Å². The van der Waals surface area contributed by atoms with Crippen LogP contribution in [0, 0.1) is 0 Å². The Morgan fingerprint density at radius 1 is 1.18 bits per heavy atom. The number of aromatic nitrogens is 1. The lowest BCUT2D eigenvalue weighted by molar-refractivity contribution is 0.0691. The van der Waals surface area contributed by atoms with Gasteiger partial charge in [0.15, 0.2) is 5.75 Å². The Labute approximate surface area is 133 Å². The van der Waals surface area contributed by atoms with Gasteiger partial charge in [0.05, 0.1) is 16.7 Å². The fourth-order valence-electron chi connectivity index (χ4n) is 2.09. The molecule has 7 heteroatoms. The van der Waals surface area contributed by atoms with Crippen molar-refractivity contribution in [3.8, 4) is 5.75 Å². The number of halogens is 1. The van der Waals surface area contributed by atoms with Crippen LogP contribution in [0.5, 0.6) is 5.75 Å². The predicted octanol–water partition coefficient (Wildman–Crippen LogP) is 2.29. The van der Waals surface area contributed by atoms with Crippen LogP contribution in [0.15, 0.2) is 41.1 Å². The fraction of sp³-hybridized carbons (Fsp3) is 0.0667. The molecule has 0 saturated heterocycles. The number of hydrogen-bond donors (Lipinski definition) is 0. The van der Waals surface area contributed by atoms with Crippen LogP contribution < -0.4 is 4.74 Å². The second-order valence-corrected chi connectivity index (χ2v) is 5.36. The molecule has 2 amide bonds. The first-order valence-electron chi connectivity index (χ1n) is 6.28. The van der Waals surface area contributed by atoms with Crippen LogP contribution in [0.4, 0.5) is 0 Å². The van der Waals surface area contributed by atoms with Gasteiger partial charge in [-0.1, -0.05) is 0 Å². The first-order valence-corrected chi connectivity index (χ1v) is 7.07. The number of fused-ring (bicyclic) bond motifs is 1. The van der Waals surface area contributed by atoms with Crippen LogP contribution in [0.1, 0.15) is 31.1 Å². The summed E-state index contributed by atoms with van der Waals surface area (Å²) < 4.78 is 5.62. The molecule has 0 unspecified atom stereocenters. The number of ether oxygens (including phenoxy) is 1. The number of rotatable bonds is 2. The van der Waals surface area contributed by atoms with E-state index in [2.05, 4.69) is 20.9 Å². The van der Waals surface area contributed by atoms with Crippen LogP contribution in [-0.4, -0.2) is 34.7 Å². The summed E-state index contributed by atoms with van der Waals surface area (Å²) in [7, 11) is 1.40. The van der Waals surface area contributed by atoms with E-state index in [9.17, 15) is 14.4 Å². The number of pyridine rings is 1. The van der Waals surface area contributed by atoms with Crippen molar-refractivity contribution in [2.45, 2.75) is 0 Å². The molecule has 0 fully saturated rings. The molecular weight excluding hydrogens is 352 g/mol. The van der Waals surface area contributed by atoms with Gasteiger partial charge in [-0.25, -0.2) is 9.78 Å². The Kier molecular flexibility index (Phi) is 3.50. The molecular formula is C15H9BrN2O4. The molecule has 1 aliphatic rings. The van der Waals surface area contributed by atoms with E-state index in [1.807, 2.05) is 0 Å². The third kappa shape index (κ3) is 2.29. The van der Waals surface area contributed by atoms with Gasteiger partial charge in [-0.3, -0.25) is 14.5 Å².